The van der Waals surface area contributed by atoms with Gasteiger partial charge < -0.3 is 0 Å². The zero-order chi connectivity index (χ0) is 9.26. The van der Waals surface area contributed by atoms with Crippen LogP contribution in [-0.4, -0.2) is 18.4 Å². The Bertz CT molecular complexity index is 377. The molecular formula is C8H9N2O2S. The maximum absolute atomic E-state index is 10.4. The summed E-state index contributed by atoms with van der Waals surface area (Å²) in [6.07, 6.45) is 3.78. The third kappa shape index (κ3) is 2.24. The summed E-state index contributed by atoms with van der Waals surface area (Å²) >= 11 is 0. The second-order valence-electron chi connectivity index (χ2n) is 3.08. The van der Waals surface area contributed by atoms with E-state index in [2.05, 4.69) is 16.0 Å². The smallest absolute Gasteiger partial charge is 0.147 e. The first-order valence-corrected chi connectivity index (χ1v) is 5.47. The first-order chi connectivity index (χ1) is 6.25. The van der Waals surface area contributed by atoms with Gasteiger partial charge in [0.15, 0.2) is 0 Å². The second kappa shape index (κ2) is 3.41. The fourth-order valence-corrected chi connectivity index (χ4v) is 1.51. The van der Waals surface area contributed by atoms with Crippen LogP contribution in [0.3, 0.4) is 0 Å². The first-order valence-electron chi connectivity index (χ1n) is 4.11. The standard InChI is InChI=1S/C8H9N2O2S/c11-13(12)5-8-9-4-3-7(10-8)6-1-2-6/h4,6,13H,1-2,5H2. The second-order valence-corrected chi connectivity index (χ2v) is 4.06. The molecule has 1 saturated carbocycles. The van der Waals surface area contributed by atoms with Crippen LogP contribution in [0.4, 0.5) is 0 Å². The van der Waals surface area contributed by atoms with Crippen molar-refractivity contribution in [3.8, 4) is 0 Å². The predicted octanol–water partition coefficient (Wildman–Crippen LogP) is 0.266. The highest BCUT2D eigenvalue weighted by atomic mass is 32.2. The molecule has 0 aliphatic heterocycles. The van der Waals surface area contributed by atoms with E-state index in [-0.39, 0.29) is 5.75 Å². The van der Waals surface area contributed by atoms with Gasteiger partial charge in [0.1, 0.15) is 22.3 Å². The number of hydrogen-bond acceptors (Lipinski definition) is 4. The zero-order valence-corrected chi connectivity index (χ0v) is 7.83. The predicted molar refractivity (Wildman–Crippen MR) is 46.9 cm³/mol. The lowest BCUT2D eigenvalue weighted by atomic mass is 10.3. The molecule has 1 radical (unpaired) electrons. The molecule has 0 atom stereocenters. The van der Waals surface area contributed by atoms with Gasteiger partial charge in [0, 0.05) is 18.2 Å². The molecule has 0 amide bonds. The van der Waals surface area contributed by atoms with Gasteiger partial charge in [-0.15, -0.1) is 0 Å². The molecule has 0 spiro atoms. The minimum atomic E-state index is -2.43. The van der Waals surface area contributed by atoms with Crippen molar-refractivity contribution in [1.82, 2.24) is 9.97 Å². The van der Waals surface area contributed by atoms with Gasteiger partial charge in [0.05, 0.1) is 5.69 Å². The van der Waals surface area contributed by atoms with Crippen molar-refractivity contribution < 1.29 is 8.42 Å². The van der Waals surface area contributed by atoms with Crippen LogP contribution in [0, 0.1) is 6.07 Å². The van der Waals surface area contributed by atoms with Crippen LogP contribution in [0.2, 0.25) is 0 Å². The molecule has 2 rings (SSSR count). The Kier molecular flexibility index (Phi) is 2.26. The van der Waals surface area contributed by atoms with Crippen molar-refractivity contribution in [2.75, 3.05) is 0 Å². The van der Waals surface area contributed by atoms with E-state index >= 15 is 0 Å². The van der Waals surface area contributed by atoms with Crippen LogP contribution < -0.4 is 0 Å². The van der Waals surface area contributed by atoms with E-state index in [1.807, 2.05) is 0 Å². The average molecular weight is 197 g/mol. The summed E-state index contributed by atoms with van der Waals surface area (Å²) in [6.45, 7) is 0. The molecule has 13 heavy (non-hydrogen) atoms. The van der Waals surface area contributed by atoms with E-state index in [0.29, 0.717) is 11.7 Å². The summed E-state index contributed by atoms with van der Waals surface area (Å²) in [5.41, 5.74) is 0.863. The molecule has 0 saturated heterocycles. The highest BCUT2D eigenvalue weighted by Crippen LogP contribution is 2.38. The van der Waals surface area contributed by atoms with E-state index in [4.69, 9.17) is 0 Å². The summed E-state index contributed by atoms with van der Waals surface area (Å²) < 4.78 is 20.8. The van der Waals surface area contributed by atoms with E-state index < -0.39 is 10.7 Å². The molecule has 0 aromatic carbocycles. The van der Waals surface area contributed by atoms with Crippen molar-refractivity contribution in [3.05, 3.63) is 23.8 Å². The molecular weight excluding hydrogens is 188 g/mol. The lowest BCUT2D eigenvalue weighted by Crippen LogP contribution is -1.98. The van der Waals surface area contributed by atoms with E-state index in [1.54, 1.807) is 0 Å². The highest BCUT2D eigenvalue weighted by Gasteiger charge is 2.25. The van der Waals surface area contributed by atoms with Gasteiger partial charge >= 0.3 is 0 Å². The number of hydrogen-bond donors (Lipinski definition) is 1. The largest absolute Gasteiger partial charge is 0.240 e. The molecule has 69 valence electrons. The molecule has 0 unspecified atom stereocenters. The lowest BCUT2D eigenvalue weighted by Gasteiger charge is -1.97. The van der Waals surface area contributed by atoms with Crippen molar-refractivity contribution in [2.45, 2.75) is 24.5 Å². The van der Waals surface area contributed by atoms with Crippen LogP contribution >= 0.6 is 0 Å². The summed E-state index contributed by atoms with van der Waals surface area (Å²) in [7, 11) is -2.43. The molecule has 0 N–H and O–H groups in total. The zero-order valence-electron chi connectivity index (χ0n) is 6.93. The molecule has 5 heteroatoms. The van der Waals surface area contributed by atoms with Gasteiger partial charge in [-0.2, -0.15) is 0 Å². The van der Waals surface area contributed by atoms with Crippen LogP contribution in [0.5, 0.6) is 0 Å². The van der Waals surface area contributed by atoms with Crippen LogP contribution in [0.25, 0.3) is 0 Å². The number of rotatable bonds is 3. The first kappa shape index (κ1) is 8.62. The van der Waals surface area contributed by atoms with Crippen molar-refractivity contribution in [3.63, 3.8) is 0 Å². The molecule has 4 nitrogen and oxygen atoms in total. The SMILES string of the molecule is O=[SH](=O)Cc1nc[c]c(C2CC2)n1. The number of thiol groups is 1. The summed E-state index contributed by atoms with van der Waals surface area (Å²) in [5.74, 6) is 0.812. The fraction of sp³-hybridized carbons (Fsp3) is 0.500. The van der Waals surface area contributed by atoms with Gasteiger partial charge in [0.2, 0.25) is 0 Å². The van der Waals surface area contributed by atoms with Crippen LogP contribution in [0.15, 0.2) is 6.20 Å². The Morgan fingerprint density at radius 2 is 2.31 bits per heavy atom. The Morgan fingerprint density at radius 3 is 2.92 bits per heavy atom. The number of aromatic nitrogens is 2. The Balaban J connectivity index is 2.21. The monoisotopic (exact) mass is 197 g/mol. The minimum absolute atomic E-state index is 0.0657. The van der Waals surface area contributed by atoms with Crippen molar-refractivity contribution in [2.24, 2.45) is 0 Å². The summed E-state index contributed by atoms with van der Waals surface area (Å²) in [5, 5.41) is 0. The average Bonchev–Trinajstić information content (AvgIpc) is 2.85. The Hall–Kier alpha value is -0.970. The molecule has 1 heterocycles. The third-order valence-corrected chi connectivity index (χ3v) is 2.45. The summed E-state index contributed by atoms with van der Waals surface area (Å²) in [4.78, 5) is 7.96. The molecule has 1 aromatic heterocycles. The normalized spacial score (nSPS) is 16.4. The van der Waals surface area contributed by atoms with Gasteiger partial charge in [0.25, 0.3) is 0 Å². The van der Waals surface area contributed by atoms with Crippen LogP contribution in [-0.2, 0) is 16.5 Å². The molecule has 0 bridgehead atoms. The van der Waals surface area contributed by atoms with Gasteiger partial charge in [-0.3, -0.25) is 0 Å². The van der Waals surface area contributed by atoms with E-state index in [9.17, 15) is 8.42 Å². The van der Waals surface area contributed by atoms with E-state index in [1.165, 1.54) is 6.20 Å². The Morgan fingerprint density at radius 1 is 1.54 bits per heavy atom. The molecule has 1 fully saturated rings. The highest BCUT2D eigenvalue weighted by molar-refractivity contribution is 7.71. The maximum atomic E-state index is 10.4. The quantitative estimate of drug-likeness (QED) is 0.706. The number of nitrogens with zero attached hydrogens (tertiary/aromatic N) is 2. The van der Waals surface area contributed by atoms with Gasteiger partial charge in [-0.25, -0.2) is 18.4 Å². The van der Waals surface area contributed by atoms with E-state index in [0.717, 1.165) is 18.5 Å². The molecule has 1 aromatic rings. The third-order valence-electron chi connectivity index (χ3n) is 1.91. The fourth-order valence-electron chi connectivity index (χ4n) is 1.13. The Labute approximate surface area is 78.0 Å². The topological polar surface area (TPSA) is 59.9 Å². The van der Waals surface area contributed by atoms with Crippen molar-refractivity contribution >= 4 is 10.7 Å². The summed E-state index contributed by atoms with van der Waals surface area (Å²) in [6, 6.07) is 2.92. The molecule has 1 aliphatic rings. The van der Waals surface area contributed by atoms with Gasteiger partial charge in [-0.05, 0) is 12.8 Å². The maximum Gasteiger partial charge on any atom is 0.147 e. The molecule has 1 aliphatic carbocycles. The van der Waals surface area contributed by atoms with Crippen molar-refractivity contribution in [1.29, 1.82) is 0 Å². The van der Waals surface area contributed by atoms with Gasteiger partial charge in [-0.1, -0.05) is 0 Å². The minimum Gasteiger partial charge on any atom is -0.240 e. The van der Waals surface area contributed by atoms with Crippen LogP contribution in [0.1, 0.15) is 30.3 Å². The lowest BCUT2D eigenvalue weighted by molar-refractivity contribution is 0.612.